The second-order valence-corrected chi connectivity index (χ2v) is 5.97. The predicted molar refractivity (Wildman–Crippen MR) is 82.2 cm³/mol. The van der Waals surface area contributed by atoms with Crippen molar-refractivity contribution in [2.75, 3.05) is 24.7 Å². The molecular weight excluding hydrogens is 266 g/mol. The summed E-state index contributed by atoms with van der Waals surface area (Å²) in [6, 6.07) is 6.67. The van der Waals surface area contributed by atoms with Crippen LogP contribution in [-0.2, 0) is 16.1 Å². The molecular formula is C16H23N3O2. The number of hydrogen-bond donors (Lipinski definition) is 2. The maximum atomic E-state index is 11.7. The summed E-state index contributed by atoms with van der Waals surface area (Å²) < 4.78 is 5.41. The number of primary amides is 1. The molecule has 1 saturated carbocycles. The van der Waals surface area contributed by atoms with Gasteiger partial charge in [0, 0.05) is 24.8 Å². The van der Waals surface area contributed by atoms with Crippen LogP contribution in [0.25, 0.3) is 0 Å². The lowest BCUT2D eigenvalue weighted by molar-refractivity contribution is -0.121. The number of hydrogen-bond acceptors (Lipinski definition) is 4. The van der Waals surface area contributed by atoms with Gasteiger partial charge in [0.2, 0.25) is 5.91 Å². The van der Waals surface area contributed by atoms with E-state index < -0.39 is 0 Å². The molecule has 1 aliphatic carbocycles. The molecule has 21 heavy (non-hydrogen) atoms. The molecule has 3 N–H and O–H groups in total. The molecule has 2 aliphatic rings. The van der Waals surface area contributed by atoms with Crippen molar-refractivity contribution in [1.82, 2.24) is 5.32 Å². The number of benzene rings is 1. The Labute approximate surface area is 125 Å². The lowest BCUT2D eigenvalue weighted by Gasteiger charge is -2.36. The van der Waals surface area contributed by atoms with Crippen LogP contribution < -0.4 is 16.0 Å². The maximum absolute atomic E-state index is 11.7. The normalized spacial score (nSPS) is 22.3. The predicted octanol–water partition coefficient (Wildman–Crippen LogP) is 0.938. The summed E-state index contributed by atoms with van der Waals surface area (Å²) in [4.78, 5) is 13.8. The topological polar surface area (TPSA) is 67.6 Å². The highest BCUT2D eigenvalue weighted by Crippen LogP contribution is 2.27. The van der Waals surface area contributed by atoms with E-state index in [2.05, 4.69) is 35.3 Å². The van der Waals surface area contributed by atoms with E-state index in [0.29, 0.717) is 25.8 Å². The number of anilines is 1. The zero-order chi connectivity index (χ0) is 14.8. The van der Waals surface area contributed by atoms with Crippen LogP contribution in [0, 0.1) is 6.92 Å². The van der Waals surface area contributed by atoms with Crippen molar-refractivity contribution in [3.05, 3.63) is 29.3 Å². The number of rotatable bonds is 5. The second kappa shape index (κ2) is 6.03. The maximum Gasteiger partial charge on any atom is 0.242 e. The van der Waals surface area contributed by atoms with E-state index in [9.17, 15) is 4.79 Å². The van der Waals surface area contributed by atoms with Gasteiger partial charge in [0.1, 0.15) is 6.04 Å². The minimum absolute atomic E-state index is 0.323. The average molecular weight is 289 g/mol. The number of morpholine rings is 1. The molecule has 5 heteroatoms. The monoisotopic (exact) mass is 289 g/mol. The van der Waals surface area contributed by atoms with Crippen LogP contribution in [-0.4, -0.2) is 37.7 Å². The smallest absolute Gasteiger partial charge is 0.242 e. The van der Waals surface area contributed by atoms with Gasteiger partial charge in [-0.15, -0.1) is 0 Å². The number of nitrogens with two attached hydrogens (primary N) is 1. The summed E-state index contributed by atoms with van der Waals surface area (Å²) >= 11 is 0. The molecule has 114 valence electrons. The van der Waals surface area contributed by atoms with E-state index in [1.54, 1.807) is 0 Å². The van der Waals surface area contributed by atoms with E-state index in [0.717, 1.165) is 12.2 Å². The van der Waals surface area contributed by atoms with Crippen molar-refractivity contribution in [1.29, 1.82) is 0 Å². The fourth-order valence-corrected chi connectivity index (χ4v) is 2.81. The lowest BCUT2D eigenvalue weighted by Crippen LogP contribution is -2.53. The van der Waals surface area contributed by atoms with Crippen LogP contribution in [0.5, 0.6) is 0 Å². The van der Waals surface area contributed by atoms with Gasteiger partial charge < -0.3 is 20.7 Å². The molecule has 1 aromatic rings. The fraction of sp³-hybridized carbons (Fsp3) is 0.562. The zero-order valence-electron chi connectivity index (χ0n) is 12.5. The van der Waals surface area contributed by atoms with Crippen LogP contribution in [0.15, 0.2) is 18.2 Å². The van der Waals surface area contributed by atoms with Crippen molar-refractivity contribution in [3.8, 4) is 0 Å². The highest BCUT2D eigenvalue weighted by atomic mass is 16.5. The van der Waals surface area contributed by atoms with Crippen LogP contribution >= 0.6 is 0 Å². The number of nitrogens with one attached hydrogen (secondary N) is 1. The van der Waals surface area contributed by atoms with Crippen LogP contribution in [0.4, 0.5) is 5.69 Å². The molecule has 5 nitrogen and oxygen atoms in total. The molecule has 3 rings (SSSR count). The molecule has 2 fully saturated rings. The number of carbonyl (C=O) groups is 1. The largest absolute Gasteiger partial charge is 0.377 e. The minimum atomic E-state index is -0.374. The molecule has 0 aromatic heterocycles. The Morgan fingerprint density at radius 1 is 1.48 bits per heavy atom. The number of aryl methyl sites for hydroxylation is 1. The average Bonchev–Trinajstić information content (AvgIpc) is 3.29. The Hall–Kier alpha value is -1.59. The summed E-state index contributed by atoms with van der Waals surface area (Å²) in [7, 11) is 0. The Morgan fingerprint density at radius 2 is 2.29 bits per heavy atom. The first-order valence-electron chi connectivity index (χ1n) is 7.62. The standard InChI is InChI=1S/C16H23N3O2/c1-11-2-5-14(12(8-11)9-18-13-3-4-13)19-6-7-21-10-15(19)16(17)20/h2,5,8,13,15,18H,3-4,6-7,9-10H2,1H3,(H2,17,20). The van der Waals surface area contributed by atoms with Crippen molar-refractivity contribution in [3.63, 3.8) is 0 Å². The Kier molecular flexibility index (Phi) is 4.12. The van der Waals surface area contributed by atoms with E-state index in [1.165, 1.54) is 24.0 Å². The van der Waals surface area contributed by atoms with E-state index in [-0.39, 0.29) is 11.9 Å². The Morgan fingerprint density at radius 3 is 3.00 bits per heavy atom. The van der Waals surface area contributed by atoms with Gasteiger partial charge in [-0.2, -0.15) is 0 Å². The molecule has 1 atom stereocenters. The van der Waals surface area contributed by atoms with Crippen molar-refractivity contribution < 1.29 is 9.53 Å². The summed E-state index contributed by atoms with van der Waals surface area (Å²) in [5, 5.41) is 3.55. The molecule has 1 amide bonds. The fourth-order valence-electron chi connectivity index (χ4n) is 2.81. The molecule has 1 aliphatic heterocycles. The lowest BCUT2D eigenvalue weighted by atomic mass is 10.1. The van der Waals surface area contributed by atoms with Crippen molar-refractivity contribution >= 4 is 11.6 Å². The van der Waals surface area contributed by atoms with Crippen LogP contribution in [0.2, 0.25) is 0 Å². The van der Waals surface area contributed by atoms with E-state index >= 15 is 0 Å². The number of ether oxygens (including phenoxy) is 1. The molecule has 1 heterocycles. The van der Waals surface area contributed by atoms with Gasteiger partial charge in [0.05, 0.1) is 13.2 Å². The molecule has 1 unspecified atom stereocenters. The molecule has 0 radical (unpaired) electrons. The highest BCUT2D eigenvalue weighted by molar-refractivity contribution is 5.84. The summed E-state index contributed by atoms with van der Waals surface area (Å²) in [6.45, 7) is 4.64. The first-order valence-corrected chi connectivity index (χ1v) is 7.62. The number of nitrogens with zero attached hydrogens (tertiary/aromatic N) is 1. The quantitative estimate of drug-likeness (QED) is 0.846. The molecule has 0 bridgehead atoms. The third kappa shape index (κ3) is 3.36. The van der Waals surface area contributed by atoms with Gasteiger partial charge >= 0.3 is 0 Å². The minimum Gasteiger partial charge on any atom is -0.377 e. The SMILES string of the molecule is Cc1ccc(N2CCOCC2C(N)=O)c(CNC2CC2)c1. The third-order valence-corrected chi connectivity index (χ3v) is 4.16. The first kappa shape index (κ1) is 14.4. The zero-order valence-corrected chi connectivity index (χ0v) is 12.5. The molecule has 1 aromatic carbocycles. The summed E-state index contributed by atoms with van der Waals surface area (Å²) in [6.07, 6.45) is 2.53. The second-order valence-electron chi connectivity index (χ2n) is 5.97. The van der Waals surface area contributed by atoms with Crippen LogP contribution in [0.3, 0.4) is 0 Å². The number of amides is 1. The van der Waals surface area contributed by atoms with Crippen LogP contribution in [0.1, 0.15) is 24.0 Å². The van der Waals surface area contributed by atoms with E-state index in [1.807, 2.05) is 0 Å². The third-order valence-electron chi connectivity index (χ3n) is 4.16. The van der Waals surface area contributed by atoms with Gasteiger partial charge in [0.25, 0.3) is 0 Å². The molecule has 1 saturated heterocycles. The van der Waals surface area contributed by atoms with E-state index in [4.69, 9.17) is 10.5 Å². The summed E-state index contributed by atoms with van der Waals surface area (Å²) in [5.74, 6) is -0.323. The first-order chi connectivity index (χ1) is 10.1. The summed E-state index contributed by atoms with van der Waals surface area (Å²) in [5.41, 5.74) is 9.09. The van der Waals surface area contributed by atoms with Crippen molar-refractivity contribution in [2.45, 2.75) is 38.4 Å². The van der Waals surface area contributed by atoms with Gasteiger partial charge in [-0.3, -0.25) is 4.79 Å². The van der Waals surface area contributed by atoms with Gasteiger partial charge in [-0.05, 0) is 31.4 Å². The number of carbonyl (C=O) groups excluding carboxylic acids is 1. The van der Waals surface area contributed by atoms with Gasteiger partial charge in [0.15, 0.2) is 0 Å². The molecule has 0 spiro atoms. The van der Waals surface area contributed by atoms with Crippen molar-refractivity contribution in [2.24, 2.45) is 5.73 Å². The highest BCUT2D eigenvalue weighted by Gasteiger charge is 2.29. The van der Waals surface area contributed by atoms with Gasteiger partial charge in [-0.25, -0.2) is 0 Å². The Bertz CT molecular complexity index is 528. The van der Waals surface area contributed by atoms with Gasteiger partial charge in [-0.1, -0.05) is 17.7 Å². The Balaban J connectivity index is 1.85.